The molecule has 0 saturated heterocycles. The topological polar surface area (TPSA) is 81.3 Å². The Morgan fingerprint density at radius 2 is 1.82 bits per heavy atom. The van der Waals surface area contributed by atoms with Crippen molar-refractivity contribution in [2.24, 2.45) is 10.7 Å². The molecule has 3 rings (SSSR count). The van der Waals surface area contributed by atoms with E-state index in [0.29, 0.717) is 12.5 Å². The second kappa shape index (κ2) is 9.32. The van der Waals surface area contributed by atoms with Crippen LogP contribution in [0.4, 0.5) is 5.69 Å². The zero-order valence-corrected chi connectivity index (χ0v) is 16.7. The molecule has 28 heavy (non-hydrogen) atoms. The number of ether oxygens (including phenoxy) is 3. The number of methoxy groups -OCH3 is 3. The Morgan fingerprint density at radius 3 is 2.54 bits per heavy atom. The molecule has 7 heteroatoms. The van der Waals surface area contributed by atoms with Crippen LogP contribution in [0.5, 0.6) is 17.2 Å². The highest BCUT2D eigenvalue weighted by Crippen LogP contribution is 2.33. The number of nitrogens with zero attached hydrogens (tertiary/aromatic N) is 2. The Bertz CT molecular complexity index is 838. The first kappa shape index (κ1) is 19.8. The molecule has 0 atom stereocenters. The van der Waals surface area contributed by atoms with Crippen molar-refractivity contribution in [1.82, 2.24) is 4.90 Å². The number of fused-ring (bicyclic) bond motifs is 1. The van der Waals surface area contributed by atoms with E-state index >= 15 is 0 Å². The van der Waals surface area contributed by atoms with Crippen LogP contribution in [-0.4, -0.2) is 51.8 Å². The Labute approximate surface area is 166 Å². The summed E-state index contributed by atoms with van der Waals surface area (Å²) >= 11 is 0. The van der Waals surface area contributed by atoms with Crippen molar-refractivity contribution in [3.63, 3.8) is 0 Å². The largest absolute Gasteiger partial charge is 0.497 e. The monoisotopic (exact) mass is 384 g/mol. The number of nitrogens with one attached hydrogen (secondary N) is 1. The molecule has 3 N–H and O–H groups in total. The Kier molecular flexibility index (Phi) is 6.60. The van der Waals surface area contributed by atoms with Gasteiger partial charge in [-0.2, -0.15) is 0 Å². The zero-order chi connectivity index (χ0) is 19.9. The van der Waals surface area contributed by atoms with Crippen LogP contribution in [0, 0.1) is 0 Å². The van der Waals surface area contributed by atoms with E-state index in [4.69, 9.17) is 19.9 Å². The maximum absolute atomic E-state index is 6.01. The van der Waals surface area contributed by atoms with E-state index in [1.54, 1.807) is 21.3 Å². The average molecular weight is 384 g/mol. The van der Waals surface area contributed by atoms with Gasteiger partial charge in [0.05, 0.1) is 27.9 Å². The maximum atomic E-state index is 6.01. The number of rotatable bonds is 7. The Balaban J connectivity index is 1.55. The summed E-state index contributed by atoms with van der Waals surface area (Å²) in [6, 6.07) is 11.8. The molecule has 7 nitrogen and oxygen atoms in total. The van der Waals surface area contributed by atoms with Crippen molar-refractivity contribution in [3.05, 3.63) is 47.5 Å². The van der Waals surface area contributed by atoms with Crippen molar-refractivity contribution in [1.29, 1.82) is 0 Å². The van der Waals surface area contributed by atoms with Crippen LogP contribution in [0.3, 0.4) is 0 Å². The number of hydrogen-bond donors (Lipinski definition) is 2. The van der Waals surface area contributed by atoms with E-state index in [1.165, 1.54) is 11.1 Å². The quantitative estimate of drug-likeness (QED) is 0.564. The average Bonchev–Trinajstić information content (AvgIpc) is 2.72. The first-order valence-electron chi connectivity index (χ1n) is 9.30. The summed E-state index contributed by atoms with van der Waals surface area (Å²) in [7, 11) is 4.97. The SMILES string of the molecule is COc1cccc(NC(N)=NCCN2CCc3cc(OC)c(OC)cc3C2)c1. The van der Waals surface area contributed by atoms with Crippen LogP contribution >= 0.6 is 0 Å². The third-order valence-electron chi connectivity index (χ3n) is 4.84. The number of anilines is 1. The molecule has 0 fully saturated rings. The highest BCUT2D eigenvalue weighted by Gasteiger charge is 2.19. The molecule has 0 aliphatic carbocycles. The highest BCUT2D eigenvalue weighted by atomic mass is 16.5. The molecular formula is C21H28N4O3. The van der Waals surface area contributed by atoms with Gasteiger partial charge in [-0.3, -0.25) is 9.89 Å². The highest BCUT2D eigenvalue weighted by molar-refractivity contribution is 5.92. The zero-order valence-electron chi connectivity index (χ0n) is 16.7. The molecule has 0 aromatic heterocycles. The molecule has 0 radical (unpaired) electrons. The minimum atomic E-state index is 0.400. The van der Waals surface area contributed by atoms with Gasteiger partial charge in [-0.25, -0.2) is 0 Å². The van der Waals surface area contributed by atoms with Crippen LogP contribution < -0.4 is 25.3 Å². The van der Waals surface area contributed by atoms with E-state index in [2.05, 4.69) is 27.3 Å². The van der Waals surface area contributed by atoms with Gasteiger partial charge in [0.25, 0.3) is 0 Å². The van der Waals surface area contributed by atoms with Crippen LogP contribution in [0.2, 0.25) is 0 Å². The lowest BCUT2D eigenvalue weighted by Crippen LogP contribution is -2.33. The lowest BCUT2D eigenvalue weighted by atomic mass is 9.99. The van der Waals surface area contributed by atoms with Crippen molar-refractivity contribution in [3.8, 4) is 17.2 Å². The van der Waals surface area contributed by atoms with Crippen molar-refractivity contribution < 1.29 is 14.2 Å². The molecule has 1 aliphatic rings. The summed E-state index contributed by atoms with van der Waals surface area (Å²) in [5.74, 6) is 2.73. The summed E-state index contributed by atoms with van der Waals surface area (Å²) in [5, 5.41) is 3.10. The third kappa shape index (κ3) is 4.86. The normalized spacial score (nSPS) is 14.3. The standard InChI is InChI=1S/C21H28N4O3/c1-26-18-6-4-5-17(13-18)24-21(22)23-8-10-25-9-7-15-11-19(27-2)20(28-3)12-16(15)14-25/h4-6,11-13H,7-10,14H2,1-3H3,(H3,22,23,24). The molecule has 0 amide bonds. The lowest BCUT2D eigenvalue weighted by Gasteiger charge is -2.29. The predicted octanol–water partition coefficient (Wildman–Crippen LogP) is 2.50. The molecule has 1 aliphatic heterocycles. The van der Waals surface area contributed by atoms with E-state index in [1.807, 2.05) is 24.3 Å². The van der Waals surface area contributed by atoms with Gasteiger partial charge in [-0.1, -0.05) is 6.07 Å². The van der Waals surface area contributed by atoms with Crippen molar-refractivity contribution >= 4 is 11.6 Å². The first-order valence-corrected chi connectivity index (χ1v) is 9.30. The van der Waals surface area contributed by atoms with Gasteiger partial charge in [0.2, 0.25) is 0 Å². The van der Waals surface area contributed by atoms with Crippen molar-refractivity contribution in [2.45, 2.75) is 13.0 Å². The van der Waals surface area contributed by atoms with E-state index in [9.17, 15) is 0 Å². The minimum absolute atomic E-state index is 0.400. The van der Waals surface area contributed by atoms with Gasteiger partial charge >= 0.3 is 0 Å². The van der Waals surface area contributed by atoms with Crippen LogP contribution in [0.1, 0.15) is 11.1 Å². The summed E-state index contributed by atoms with van der Waals surface area (Å²) in [5.41, 5.74) is 9.45. The van der Waals surface area contributed by atoms with E-state index in [0.717, 1.165) is 49.0 Å². The molecule has 2 aromatic rings. The minimum Gasteiger partial charge on any atom is -0.497 e. The van der Waals surface area contributed by atoms with Crippen molar-refractivity contribution in [2.75, 3.05) is 46.3 Å². The van der Waals surface area contributed by atoms with Gasteiger partial charge in [-0.05, 0) is 41.8 Å². The molecule has 0 spiro atoms. The van der Waals surface area contributed by atoms with Gasteiger partial charge in [0.1, 0.15) is 5.75 Å². The van der Waals surface area contributed by atoms with Gasteiger partial charge in [-0.15, -0.1) is 0 Å². The number of aliphatic imine (C=N–C) groups is 1. The molecule has 0 saturated carbocycles. The fourth-order valence-corrected chi connectivity index (χ4v) is 3.33. The second-order valence-corrected chi connectivity index (χ2v) is 6.63. The third-order valence-corrected chi connectivity index (χ3v) is 4.84. The number of guanidine groups is 1. The van der Waals surface area contributed by atoms with Gasteiger partial charge in [0, 0.05) is 31.4 Å². The number of nitrogens with two attached hydrogens (primary N) is 1. The molecule has 1 heterocycles. The fraction of sp³-hybridized carbons (Fsp3) is 0.381. The first-order chi connectivity index (χ1) is 13.6. The Hall–Kier alpha value is -2.93. The lowest BCUT2D eigenvalue weighted by molar-refractivity contribution is 0.260. The Morgan fingerprint density at radius 1 is 1.07 bits per heavy atom. The number of benzene rings is 2. The molecule has 0 bridgehead atoms. The van der Waals surface area contributed by atoms with Crippen LogP contribution in [0.15, 0.2) is 41.4 Å². The summed E-state index contributed by atoms with van der Waals surface area (Å²) < 4.78 is 16.0. The molecule has 150 valence electrons. The van der Waals surface area contributed by atoms with Gasteiger partial charge < -0.3 is 25.3 Å². The van der Waals surface area contributed by atoms with E-state index < -0.39 is 0 Å². The van der Waals surface area contributed by atoms with E-state index in [-0.39, 0.29) is 0 Å². The molecule has 0 unspecified atom stereocenters. The van der Waals surface area contributed by atoms with Crippen LogP contribution in [0.25, 0.3) is 0 Å². The predicted molar refractivity (Wildman–Crippen MR) is 112 cm³/mol. The smallest absolute Gasteiger partial charge is 0.193 e. The molecule has 2 aromatic carbocycles. The fourth-order valence-electron chi connectivity index (χ4n) is 3.33. The summed E-state index contributed by atoms with van der Waals surface area (Å²) in [4.78, 5) is 6.81. The summed E-state index contributed by atoms with van der Waals surface area (Å²) in [6.45, 7) is 3.33. The molecular weight excluding hydrogens is 356 g/mol. The summed E-state index contributed by atoms with van der Waals surface area (Å²) in [6.07, 6.45) is 0.983. The maximum Gasteiger partial charge on any atom is 0.193 e. The van der Waals surface area contributed by atoms with Gasteiger partial charge in [0.15, 0.2) is 17.5 Å². The van der Waals surface area contributed by atoms with Crippen LogP contribution in [-0.2, 0) is 13.0 Å². The number of hydrogen-bond acceptors (Lipinski definition) is 5. The second-order valence-electron chi connectivity index (χ2n) is 6.63.